The van der Waals surface area contributed by atoms with E-state index in [0.717, 1.165) is 25.7 Å². The highest BCUT2D eigenvalue weighted by atomic mass is 19.3. The fraction of sp³-hybridized carbons (Fsp3) is 0.500. The van der Waals surface area contributed by atoms with Crippen molar-refractivity contribution in [3.05, 3.63) is 35.8 Å². The Labute approximate surface area is 207 Å². The topological polar surface area (TPSA) is 111 Å². The molecule has 1 saturated carbocycles. The zero-order valence-corrected chi connectivity index (χ0v) is 20.7. The molecule has 2 heterocycles. The predicted octanol–water partition coefficient (Wildman–Crippen LogP) is 3.67. The van der Waals surface area contributed by atoms with Gasteiger partial charge in [-0.2, -0.15) is 13.8 Å². The maximum Gasteiger partial charge on any atom is 0.342 e. The van der Waals surface area contributed by atoms with Gasteiger partial charge < -0.3 is 25.5 Å². The standard InChI is InChI=1S/C23H29FN6O2.CH2F2O/c1-23(2)13-30(15-7-5-6-8-15)19-18(29(4)21(23)32)12-26-22(28-19)27-17-10-9-14(11-16(17)24)20(31)25-3;2-1(3)4/h9-12,15H,5-8,13H2,1-4H3,(H,25,31)(H,26,27,28);1,4H. The Morgan fingerprint density at radius 1 is 1.25 bits per heavy atom. The van der Waals surface area contributed by atoms with Crippen LogP contribution in [0, 0.1) is 11.2 Å². The molecule has 0 radical (unpaired) electrons. The lowest BCUT2D eigenvalue weighted by molar-refractivity contribution is -0.125. The van der Waals surface area contributed by atoms with E-state index in [1.54, 1.807) is 18.1 Å². The number of aliphatic hydroxyl groups is 1. The number of halogens is 3. The summed E-state index contributed by atoms with van der Waals surface area (Å²) in [6.45, 7) is 1.30. The average Bonchev–Trinajstić information content (AvgIpc) is 3.34. The molecular weight excluding hydrogens is 477 g/mol. The van der Waals surface area contributed by atoms with Crippen molar-refractivity contribution in [3.8, 4) is 0 Å². The third kappa shape index (κ3) is 6.04. The lowest BCUT2D eigenvalue weighted by Crippen LogP contribution is -2.45. The van der Waals surface area contributed by atoms with E-state index in [2.05, 4.69) is 20.5 Å². The Hall–Kier alpha value is -3.41. The number of carbonyl (C=O) groups excluding carboxylic acids is 2. The summed E-state index contributed by atoms with van der Waals surface area (Å²) in [5, 5.41) is 12.1. The number of aliphatic hydroxyl groups excluding tert-OH is 1. The molecule has 9 nitrogen and oxygen atoms in total. The number of fused-ring (bicyclic) bond motifs is 1. The number of amides is 2. The second kappa shape index (κ2) is 11.1. The maximum atomic E-state index is 14.6. The summed E-state index contributed by atoms with van der Waals surface area (Å²) in [6.07, 6.45) is 6.02. The zero-order chi connectivity index (χ0) is 26.6. The number of hydrogen-bond acceptors (Lipinski definition) is 7. The molecule has 1 aliphatic carbocycles. The van der Waals surface area contributed by atoms with Crippen molar-refractivity contribution in [2.24, 2.45) is 5.41 Å². The monoisotopic (exact) mass is 508 g/mol. The summed E-state index contributed by atoms with van der Waals surface area (Å²) in [5.41, 5.74) is 0.470. The SMILES string of the molecule is CNC(=O)c1ccc(Nc2ncc3c(n2)N(C2CCCC2)CC(C)(C)C(=O)N3C)c(F)c1.OC(F)F. The first-order valence-corrected chi connectivity index (χ1v) is 11.6. The van der Waals surface area contributed by atoms with E-state index in [9.17, 15) is 22.8 Å². The number of alkyl halides is 2. The van der Waals surface area contributed by atoms with Crippen LogP contribution in [-0.2, 0) is 4.79 Å². The third-order valence-corrected chi connectivity index (χ3v) is 6.30. The maximum absolute atomic E-state index is 14.6. The van der Waals surface area contributed by atoms with Gasteiger partial charge in [0.15, 0.2) is 5.82 Å². The van der Waals surface area contributed by atoms with Crippen LogP contribution in [0.1, 0.15) is 49.9 Å². The lowest BCUT2D eigenvalue weighted by atomic mass is 9.91. The highest BCUT2D eigenvalue weighted by Crippen LogP contribution is 2.40. The van der Waals surface area contributed by atoms with Gasteiger partial charge in [0, 0.05) is 32.2 Å². The van der Waals surface area contributed by atoms with Crippen molar-refractivity contribution in [2.75, 3.05) is 35.8 Å². The van der Waals surface area contributed by atoms with Gasteiger partial charge in [-0.25, -0.2) is 9.37 Å². The third-order valence-electron chi connectivity index (χ3n) is 6.30. The van der Waals surface area contributed by atoms with Crippen LogP contribution < -0.4 is 20.4 Å². The van der Waals surface area contributed by atoms with Crippen LogP contribution in [0.4, 0.5) is 36.3 Å². The Morgan fingerprint density at radius 3 is 2.47 bits per heavy atom. The van der Waals surface area contributed by atoms with Gasteiger partial charge in [0.25, 0.3) is 5.91 Å². The van der Waals surface area contributed by atoms with Gasteiger partial charge >= 0.3 is 6.61 Å². The van der Waals surface area contributed by atoms with Gasteiger partial charge in [-0.1, -0.05) is 12.8 Å². The highest BCUT2D eigenvalue weighted by molar-refractivity contribution is 6.01. The molecule has 1 aromatic heterocycles. The van der Waals surface area contributed by atoms with Crippen molar-refractivity contribution < 1.29 is 27.9 Å². The molecule has 1 aromatic carbocycles. The molecule has 0 unspecified atom stereocenters. The summed E-state index contributed by atoms with van der Waals surface area (Å²) in [6, 6.07) is 4.50. The Balaban J connectivity index is 0.000000840. The van der Waals surface area contributed by atoms with Crippen LogP contribution in [0.2, 0.25) is 0 Å². The van der Waals surface area contributed by atoms with Crippen molar-refractivity contribution in [1.29, 1.82) is 0 Å². The molecule has 12 heteroatoms. The molecule has 1 aliphatic heterocycles. The van der Waals surface area contributed by atoms with Crippen molar-refractivity contribution in [3.63, 3.8) is 0 Å². The van der Waals surface area contributed by atoms with Crippen molar-refractivity contribution in [2.45, 2.75) is 52.2 Å². The number of carbonyl (C=O) groups is 2. The Morgan fingerprint density at radius 2 is 1.89 bits per heavy atom. The quantitative estimate of drug-likeness (QED) is 0.578. The fourth-order valence-electron chi connectivity index (χ4n) is 4.55. The predicted molar refractivity (Wildman–Crippen MR) is 130 cm³/mol. The zero-order valence-electron chi connectivity index (χ0n) is 20.7. The molecule has 2 aliphatic rings. The molecule has 0 spiro atoms. The van der Waals surface area contributed by atoms with Crippen LogP contribution >= 0.6 is 0 Å². The minimum atomic E-state index is -3.17. The van der Waals surface area contributed by atoms with Gasteiger partial charge in [0.2, 0.25) is 11.9 Å². The van der Waals surface area contributed by atoms with Crippen LogP contribution in [0.15, 0.2) is 24.4 Å². The van der Waals surface area contributed by atoms with E-state index in [1.165, 1.54) is 25.2 Å². The molecule has 2 aromatic rings. The van der Waals surface area contributed by atoms with E-state index in [1.807, 2.05) is 13.8 Å². The summed E-state index contributed by atoms with van der Waals surface area (Å²) in [7, 11) is 3.24. The van der Waals surface area contributed by atoms with Gasteiger partial charge in [-0.15, -0.1) is 0 Å². The number of anilines is 4. The molecule has 2 amide bonds. The minimum Gasteiger partial charge on any atom is -0.355 e. The summed E-state index contributed by atoms with van der Waals surface area (Å²) in [4.78, 5) is 37.7. The number of hydrogen-bond donors (Lipinski definition) is 3. The van der Waals surface area contributed by atoms with Crippen LogP contribution in [0.25, 0.3) is 0 Å². The number of benzene rings is 1. The van der Waals surface area contributed by atoms with E-state index in [4.69, 9.17) is 10.1 Å². The number of nitrogens with one attached hydrogen (secondary N) is 2. The first kappa shape index (κ1) is 27.2. The largest absolute Gasteiger partial charge is 0.355 e. The minimum absolute atomic E-state index is 0.0133. The van der Waals surface area contributed by atoms with Crippen LogP contribution in [0.3, 0.4) is 0 Å². The van der Waals surface area contributed by atoms with E-state index < -0.39 is 17.8 Å². The van der Waals surface area contributed by atoms with E-state index >= 15 is 0 Å². The Kier molecular flexibility index (Phi) is 8.39. The van der Waals surface area contributed by atoms with Crippen LogP contribution in [0.5, 0.6) is 0 Å². The average molecular weight is 509 g/mol. The lowest BCUT2D eigenvalue weighted by Gasteiger charge is -2.34. The van der Waals surface area contributed by atoms with E-state index in [0.29, 0.717) is 24.1 Å². The van der Waals surface area contributed by atoms with Crippen LogP contribution in [-0.4, -0.2) is 60.2 Å². The molecule has 0 bridgehead atoms. The fourth-order valence-corrected chi connectivity index (χ4v) is 4.55. The number of nitrogens with zero attached hydrogens (tertiary/aromatic N) is 4. The Bertz CT molecular complexity index is 1110. The molecule has 1 fully saturated rings. The molecule has 196 valence electrons. The van der Waals surface area contributed by atoms with Gasteiger partial charge in [0.05, 0.1) is 17.3 Å². The van der Waals surface area contributed by atoms with E-state index in [-0.39, 0.29) is 29.0 Å². The molecule has 0 saturated heterocycles. The van der Waals surface area contributed by atoms with Gasteiger partial charge in [0.1, 0.15) is 11.5 Å². The summed E-state index contributed by atoms with van der Waals surface area (Å²) < 4.78 is 34.4. The second-order valence-electron chi connectivity index (χ2n) is 9.39. The van der Waals surface area contributed by atoms with Gasteiger partial charge in [-0.3, -0.25) is 9.59 Å². The van der Waals surface area contributed by atoms with Crippen molar-refractivity contribution in [1.82, 2.24) is 15.3 Å². The molecule has 0 atom stereocenters. The van der Waals surface area contributed by atoms with Crippen molar-refractivity contribution >= 4 is 35.0 Å². The summed E-state index contributed by atoms with van der Waals surface area (Å²) in [5.74, 6) is -0.0125. The first-order valence-electron chi connectivity index (χ1n) is 11.6. The second-order valence-corrected chi connectivity index (χ2v) is 9.39. The molecule has 3 N–H and O–H groups in total. The molecular formula is C24H31F3N6O3. The summed E-state index contributed by atoms with van der Waals surface area (Å²) >= 11 is 0. The molecule has 4 rings (SSSR count). The highest BCUT2D eigenvalue weighted by Gasteiger charge is 2.41. The molecule has 36 heavy (non-hydrogen) atoms. The number of aromatic nitrogens is 2. The number of rotatable bonds is 4. The first-order chi connectivity index (χ1) is 16.9. The smallest absolute Gasteiger partial charge is 0.342 e. The van der Waals surface area contributed by atoms with Gasteiger partial charge in [-0.05, 0) is 44.9 Å². The normalized spacial score (nSPS) is 17.3.